The van der Waals surface area contributed by atoms with Gasteiger partial charge in [0.25, 0.3) is 0 Å². The quantitative estimate of drug-likeness (QED) is 0.143. The summed E-state index contributed by atoms with van der Waals surface area (Å²) in [5, 5.41) is 18.4. The van der Waals surface area contributed by atoms with Crippen LogP contribution in [0.4, 0.5) is 0 Å². The van der Waals surface area contributed by atoms with E-state index in [-0.39, 0.29) is 32.2 Å². The molecule has 0 saturated heterocycles. The fourth-order valence-corrected chi connectivity index (χ4v) is 7.00. The van der Waals surface area contributed by atoms with Gasteiger partial charge < -0.3 is 9.52 Å². The van der Waals surface area contributed by atoms with E-state index in [4.69, 9.17) is 14.4 Å². The number of phenolic OH excluding ortho intramolecular Hbond substituents is 1. The van der Waals surface area contributed by atoms with E-state index in [1.54, 1.807) is 6.07 Å². The predicted molar refractivity (Wildman–Crippen MR) is 197 cm³/mol. The van der Waals surface area contributed by atoms with Crippen LogP contribution in [0.1, 0.15) is 26.3 Å². The summed E-state index contributed by atoms with van der Waals surface area (Å²) < 4.78 is 6.24. The first-order valence-corrected chi connectivity index (χ1v) is 16.2. The molecule has 0 unspecified atom stereocenters. The summed E-state index contributed by atoms with van der Waals surface area (Å²) in [6.07, 6.45) is 1.86. The molecule has 49 heavy (non-hydrogen) atoms. The number of fused-ring (bicyclic) bond motifs is 10. The number of benzene rings is 6. The second-order valence-corrected chi connectivity index (χ2v) is 13.5. The number of nitrogens with zero attached hydrogens (tertiary/aromatic N) is 2. The Bertz CT molecular complexity index is 2720. The first-order chi connectivity index (χ1) is 23.3. The van der Waals surface area contributed by atoms with Crippen molar-refractivity contribution < 1.29 is 30.6 Å². The number of rotatable bonds is 3. The molecule has 0 aliphatic rings. The second-order valence-electron chi connectivity index (χ2n) is 13.5. The van der Waals surface area contributed by atoms with Crippen molar-refractivity contribution in [2.45, 2.75) is 26.2 Å². The number of aromatic hydroxyl groups is 1. The minimum Gasteiger partial charge on any atom is -0.507 e. The Morgan fingerprint density at radius 2 is 1.29 bits per heavy atom. The summed E-state index contributed by atoms with van der Waals surface area (Å²) in [6, 6.07) is 44.9. The van der Waals surface area contributed by atoms with Crippen LogP contribution in [0.25, 0.3) is 88.0 Å². The number of pyridine rings is 2. The van der Waals surface area contributed by atoms with Crippen molar-refractivity contribution in [2.24, 2.45) is 0 Å². The first kappa shape index (κ1) is 31.0. The van der Waals surface area contributed by atoms with Crippen LogP contribution in [0, 0.1) is 6.07 Å². The van der Waals surface area contributed by atoms with Gasteiger partial charge in [-0.1, -0.05) is 123 Å². The van der Waals surface area contributed by atoms with Gasteiger partial charge in [-0.3, -0.25) is 9.97 Å². The minimum atomic E-state index is -0.123. The maximum Gasteiger partial charge on any atom is 0.139 e. The summed E-state index contributed by atoms with van der Waals surface area (Å²) in [4.78, 5) is 10.1. The van der Waals surface area contributed by atoms with Crippen LogP contribution in [0.3, 0.4) is 0 Å². The van der Waals surface area contributed by atoms with Crippen LogP contribution in [-0.2, 0) is 26.5 Å². The zero-order valence-electron chi connectivity index (χ0n) is 27.2. The standard InChI is InChI=1S/C44H31N2O2.Pt/c1-44(2,3)30-22-28(21-29(23-30)36-24-27(19-20-45-36)26-11-5-4-6-12-26)35-18-17-33-31-13-7-8-14-32(31)41-40-34-15-9-10-16-38(34)48-39(40)25-37(47)42(41)43(33)46-35;/h4-20,22-25,47H,1-3H3;/q-1;. The molecule has 0 aliphatic carbocycles. The van der Waals surface area contributed by atoms with Gasteiger partial charge in [0.2, 0.25) is 0 Å². The van der Waals surface area contributed by atoms with Gasteiger partial charge in [-0.15, -0.1) is 23.8 Å². The Balaban J connectivity index is 0.00000348. The summed E-state index contributed by atoms with van der Waals surface area (Å²) in [5.41, 5.74) is 8.90. The topological polar surface area (TPSA) is 59.2 Å². The average Bonchev–Trinajstić information content (AvgIpc) is 3.49. The molecule has 0 bridgehead atoms. The molecule has 5 heteroatoms. The van der Waals surface area contributed by atoms with Crippen molar-refractivity contribution in [2.75, 3.05) is 0 Å². The van der Waals surface area contributed by atoms with Gasteiger partial charge in [-0.05, 0) is 39.4 Å². The molecule has 3 aromatic heterocycles. The van der Waals surface area contributed by atoms with E-state index >= 15 is 0 Å². The fraction of sp³-hybridized carbons (Fsp3) is 0.0909. The molecule has 0 atom stereocenters. The summed E-state index contributed by atoms with van der Waals surface area (Å²) in [7, 11) is 0. The maximum atomic E-state index is 11.7. The number of aromatic nitrogens is 2. The molecule has 6 aromatic carbocycles. The average molecular weight is 815 g/mol. The van der Waals surface area contributed by atoms with Crippen molar-refractivity contribution in [3.8, 4) is 39.4 Å². The van der Waals surface area contributed by atoms with Crippen molar-refractivity contribution in [1.29, 1.82) is 0 Å². The molecule has 0 radical (unpaired) electrons. The molecule has 4 nitrogen and oxygen atoms in total. The molecular weight excluding hydrogens is 784 g/mol. The molecule has 0 aliphatic heterocycles. The Kier molecular flexibility index (Phi) is 7.39. The summed E-state index contributed by atoms with van der Waals surface area (Å²) >= 11 is 0. The smallest absolute Gasteiger partial charge is 0.139 e. The number of para-hydroxylation sites is 1. The van der Waals surface area contributed by atoms with E-state index in [0.717, 1.165) is 82.6 Å². The van der Waals surface area contributed by atoms with Crippen LogP contribution in [0.2, 0.25) is 0 Å². The van der Waals surface area contributed by atoms with Gasteiger partial charge in [-0.2, -0.15) is 0 Å². The molecule has 1 N–H and O–H groups in total. The zero-order chi connectivity index (χ0) is 32.6. The maximum absolute atomic E-state index is 11.7. The van der Waals surface area contributed by atoms with E-state index in [1.165, 1.54) is 0 Å². The van der Waals surface area contributed by atoms with E-state index in [9.17, 15) is 5.11 Å². The van der Waals surface area contributed by atoms with E-state index in [1.807, 2.05) is 42.6 Å². The van der Waals surface area contributed by atoms with Gasteiger partial charge in [0.1, 0.15) is 16.9 Å². The largest absolute Gasteiger partial charge is 0.507 e. The van der Waals surface area contributed by atoms with Gasteiger partial charge >= 0.3 is 0 Å². The number of furan rings is 1. The third-order valence-corrected chi connectivity index (χ3v) is 9.42. The van der Waals surface area contributed by atoms with Crippen molar-refractivity contribution in [3.63, 3.8) is 0 Å². The molecule has 9 rings (SSSR count). The Morgan fingerprint density at radius 1 is 0.592 bits per heavy atom. The van der Waals surface area contributed by atoms with Crippen molar-refractivity contribution in [3.05, 3.63) is 139 Å². The van der Waals surface area contributed by atoms with Crippen molar-refractivity contribution in [1.82, 2.24) is 9.97 Å². The van der Waals surface area contributed by atoms with Gasteiger partial charge in [0.15, 0.2) is 0 Å². The van der Waals surface area contributed by atoms with Crippen LogP contribution < -0.4 is 0 Å². The molecule has 0 fully saturated rings. The fourth-order valence-electron chi connectivity index (χ4n) is 7.00. The molecule has 9 aromatic rings. The van der Waals surface area contributed by atoms with Crippen LogP contribution in [0.15, 0.2) is 132 Å². The predicted octanol–water partition coefficient (Wildman–Crippen LogP) is 11.6. The molecule has 0 spiro atoms. The Labute approximate surface area is 298 Å². The third-order valence-electron chi connectivity index (χ3n) is 9.42. The van der Waals surface area contributed by atoms with Crippen LogP contribution >= 0.6 is 0 Å². The third kappa shape index (κ3) is 5.10. The van der Waals surface area contributed by atoms with E-state index in [2.05, 4.69) is 106 Å². The van der Waals surface area contributed by atoms with Gasteiger partial charge in [0, 0.05) is 66.3 Å². The van der Waals surface area contributed by atoms with Gasteiger partial charge in [-0.25, -0.2) is 0 Å². The number of phenols is 1. The molecular formula is C44H31N2O2Pt-. The number of hydrogen-bond acceptors (Lipinski definition) is 4. The number of hydrogen-bond donors (Lipinski definition) is 1. The first-order valence-electron chi connectivity index (χ1n) is 16.2. The molecule has 3 heterocycles. The zero-order valence-corrected chi connectivity index (χ0v) is 29.5. The second kappa shape index (κ2) is 11.7. The Morgan fingerprint density at radius 3 is 2.06 bits per heavy atom. The van der Waals surface area contributed by atoms with Gasteiger partial charge in [0.05, 0.1) is 10.9 Å². The Hall–Kier alpha value is -5.31. The summed E-state index contributed by atoms with van der Waals surface area (Å²) in [6.45, 7) is 6.65. The molecule has 240 valence electrons. The van der Waals surface area contributed by atoms with Crippen LogP contribution in [-0.4, -0.2) is 15.1 Å². The summed E-state index contributed by atoms with van der Waals surface area (Å²) in [5.74, 6) is 0.145. The molecule has 0 amide bonds. The molecule has 0 saturated carbocycles. The van der Waals surface area contributed by atoms with Crippen molar-refractivity contribution >= 4 is 54.4 Å². The normalized spacial score (nSPS) is 11.9. The monoisotopic (exact) mass is 814 g/mol. The van der Waals surface area contributed by atoms with E-state index in [0.29, 0.717) is 11.0 Å². The van der Waals surface area contributed by atoms with Crippen LogP contribution in [0.5, 0.6) is 5.75 Å². The van der Waals surface area contributed by atoms with E-state index < -0.39 is 0 Å². The minimum absolute atomic E-state index is 0. The SMILES string of the molecule is CC(C)(C)c1cc(-c2cc(-c3ccccc3)ccn2)[c-]c(-c2ccc3c4ccccc4c4c(c(O)cc5oc6ccccc6c54)c3n2)c1.[Pt].